The number of nitrogens with two attached hydrogens (primary N) is 1. The van der Waals surface area contributed by atoms with Crippen LogP contribution in [0.15, 0.2) is 0 Å². The van der Waals surface area contributed by atoms with E-state index in [-0.39, 0.29) is 5.54 Å². The Morgan fingerprint density at radius 3 is 2.40 bits per heavy atom. The normalized spacial score (nSPS) is 30.6. The first-order valence-electron chi connectivity index (χ1n) is 6.29. The molecular formula is C12H26N2O. The molecule has 0 unspecified atom stereocenters. The summed E-state index contributed by atoms with van der Waals surface area (Å²) in [4.78, 5) is 2.53. The van der Waals surface area contributed by atoms with Crippen LogP contribution in [0.25, 0.3) is 0 Å². The zero-order valence-corrected chi connectivity index (χ0v) is 10.5. The molecule has 0 heterocycles. The first-order valence-corrected chi connectivity index (χ1v) is 6.29. The second-order valence-electron chi connectivity index (χ2n) is 4.49. The molecule has 15 heavy (non-hydrogen) atoms. The number of likely N-dealkylation sites (N-methyl/N-ethyl adjacent to an activating group) is 1. The van der Waals surface area contributed by atoms with Crippen LogP contribution in [-0.4, -0.2) is 42.8 Å². The van der Waals surface area contributed by atoms with Gasteiger partial charge >= 0.3 is 0 Å². The third-order valence-corrected chi connectivity index (χ3v) is 3.54. The van der Waals surface area contributed by atoms with Crippen molar-refractivity contribution in [2.45, 2.75) is 51.7 Å². The lowest BCUT2D eigenvalue weighted by molar-refractivity contribution is -0.0985. The number of rotatable bonds is 7. The summed E-state index contributed by atoms with van der Waals surface area (Å²) in [6.45, 7) is 10.4. The van der Waals surface area contributed by atoms with Gasteiger partial charge in [-0.3, -0.25) is 4.90 Å². The van der Waals surface area contributed by atoms with Crippen LogP contribution in [0.4, 0.5) is 0 Å². The molecule has 0 atom stereocenters. The molecule has 3 nitrogen and oxygen atoms in total. The van der Waals surface area contributed by atoms with Crippen LogP contribution in [0.3, 0.4) is 0 Å². The molecule has 2 N–H and O–H groups in total. The maximum Gasteiger partial charge on any atom is 0.0611 e. The molecule has 90 valence electrons. The average Bonchev–Trinajstić information content (AvgIpc) is 2.20. The van der Waals surface area contributed by atoms with Crippen molar-refractivity contribution in [1.82, 2.24) is 4.90 Å². The maximum atomic E-state index is 5.94. The van der Waals surface area contributed by atoms with E-state index in [1.807, 2.05) is 0 Å². The molecule has 0 aromatic rings. The van der Waals surface area contributed by atoms with Gasteiger partial charge in [-0.2, -0.15) is 0 Å². The number of nitrogens with zero attached hydrogens (tertiary/aromatic N) is 1. The molecule has 1 rings (SSSR count). The van der Waals surface area contributed by atoms with Gasteiger partial charge in [-0.15, -0.1) is 0 Å². The maximum absolute atomic E-state index is 5.94. The van der Waals surface area contributed by atoms with Crippen LogP contribution < -0.4 is 5.73 Å². The van der Waals surface area contributed by atoms with Gasteiger partial charge in [-0.25, -0.2) is 0 Å². The van der Waals surface area contributed by atoms with E-state index >= 15 is 0 Å². The van der Waals surface area contributed by atoms with Crippen LogP contribution in [-0.2, 0) is 4.74 Å². The minimum Gasteiger partial charge on any atom is -0.378 e. The highest BCUT2D eigenvalue weighted by Gasteiger charge is 2.47. The zero-order valence-electron chi connectivity index (χ0n) is 10.5. The van der Waals surface area contributed by atoms with Crippen molar-refractivity contribution in [2.75, 3.05) is 26.2 Å². The summed E-state index contributed by atoms with van der Waals surface area (Å²) in [5, 5.41) is 0. The topological polar surface area (TPSA) is 38.5 Å². The highest BCUT2D eigenvalue weighted by Crippen LogP contribution is 2.39. The van der Waals surface area contributed by atoms with Crippen molar-refractivity contribution in [3.63, 3.8) is 0 Å². The summed E-state index contributed by atoms with van der Waals surface area (Å²) in [5.41, 5.74) is 6.18. The summed E-state index contributed by atoms with van der Waals surface area (Å²) in [5.74, 6) is 0. The second-order valence-corrected chi connectivity index (χ2v) is 4.49. The first-order chi connectivity index (χ1) is 7.22. The van der Waals surface area contributed by atoms with Crippen molar-refractivity contribution in [2.24, 2.45) is 5.73 Å². The van der Waals surface area contributed by atoms with Crippen LogP contribution in [0.1, 0.15) is 40.0 Å². The number of ether oxygens (including phenoxy) is 1. The average molecular weight is 214 g/mol. The van der Waals surface area contributed by atoms with Gasteiger partial charge in [-0.05, 0) is 39.3 Å². The monoisotopic (exact) mass is 214 g/mol. The number of hydrogen-bond acceptors (Lipinski definition) is 3. The lowest BCUT2D eigenvalue weighted by Crippen LogP contribution is -2.64. The lowest BCUT2D eigenvalue weighted by atomic mass is 9.72. The molecule has 0 bridgehead atoms. The summed E-state index contributed by atoms with van der Waals surface area (Å²) in [6.07, 6.45) is 3.88. The molecular weight excluding hydrogens is 188 g/mol. The van der Waals surface area contributed by atoms with Crippen LogP contribution in [0.2, 0.25) is 0 Å². The van der Waals surface area contributed by atoms with Crippen molar-refractivity contribution in [3.05, 3.63) is 0 Å². The van der Waals surface area contributed by atoms with Gasteiger partial charge in [0.1, 0.15) is 0 Å². The quantitative estimate of drug-likeness (QED) is 0.700. The van der Waals surface area contributed by atoms with Gasteiger partial charge in [0.05, 0.1) is 6.10 Å². The Balaban J connectivity index is 2.48. The SMILES string of the molecule is CCCN(CC)C1(CN)CC(OCC)C1. The third-order valence-electron chi connectivity index (χ3n) is 3.54. The van der Waals surface area contributed by atoms with E-state index < -0.39 is 0 Å². The predicted molar refractivity (Wildman–Crippen MR) is 64.0 cm³/mol. The Kier molecular flexibility index (Phi) is 5.03. The van der Waals surface area contributed by atoms with Crippen LogP contribution >= 0.6 is 0 Å². The highest BCUT2D eigenvalue weighted by molar-refractivity contribution is 5.04. The second kappa shape index (κ2) is 5.83. The third kappa shape index (κ3) is 2.71. The lowest BCUT2D eigenvalue weighted by Gasteiger charge is -2.53. The number of hydrogen-bond donors (Lipinski definition) is 1. The molecule has 0 aromatic carbocycles. The molecule has 1 fully saturated rings. The van der Waals surface area contributed by atoms with Gasteiger partial charge < -0.3 is 10.5 Å². The molecule has 0 aromatic heterocycles. The fourth-order valence-corrected chi connectivity index (χ4v) is 2.70. The molecule has 1 saturated carbocycles. The van der Waals surface area contributed by atoms with E-state index in [0.29, 0.717) is 6.10 Å². The van der Waals surface area contributed by atoms with Crippen molar-refractivity contribution in [1.29, 1.82) is 0 Å². The van der Waals surface area contributed by atoms with Gasteiger partial charge in [-0.1, -0.05) is 13.8 Å². The molecule has 0 amide bonds. The molecule has 0 aliphatic heterocycles. The van der Waals surface area contributed by atoms with E-state index in [4.69, 9.17) is 10.5 Å². The molecule has 1 aliphatic carbocycles. The summed E-state index contributed by atoms with van der Waals surface area (Å²) in [7, 11) is 0. The van der Waals surface area contributed by atoms with Crippen LogP contribution in [0, 0.1) is 0 Å². The predicted octanol–water partition coefficient (Wildman–Crippen LogP) is 1.61. The Morgan fingerprint density at radius 1 is 1.33 bits per heavy atom. The standard InChI is InChI=1S/C12H26N2O/c1-4-7-14(5-2)12(10-13)8-11(9-12)15-6-3/h11H,4-10,13H2,1-3H3. The molecule has 0 spiro atoms. The van der Waals surface area contributed by atoms with Crippen molar-refractivity contribution >= 4 is 0 Å². The smallest absolute Gasteiger partial charge is 0.0611 e. The fourth-order valence-electron chi connectivity index (χ4n) is 2.70. The molecule has 3 heteroatoms. The molecule has 1 aliphatic rings. The Morgan fingerprint density at radius 2 is 2.00 bits per heavy atom. The molecule has 0 saturated heterocycles. The van der Waals surface area contributed by atoms with Crippen molar-refractivity contribution < 1.29 is 4.74 Å². The first kappa shape index (κ1) is 12.9. The minimum atomic E-state index is 0.241. The van der Waals surface area contributed by atoms with Crippen LogP contribution in [0.5, 0.6) is 0 Å². The molecule has 0 radical (unpaired) electrons. The summed E-state index contributed by atoms with van der Waals surface area (Å²) in [6, 6.07) is 0. The largest absolute Gasteiger partial charge is 0.378 e. The highest BCUT2D eigenvalue weighted by atomic mass is 16.5. The fraction of sp³-hybridized carbons (Fsp3) is 1.00. The Bertz CT molecular complexity index is 178. The van der Waals surface area contributed by atoms with E-state index in [2.05, 4.69) is 25.7 Å². The van der Waals surface area contributed by atoms with E-state index in [1.54, 1.807) is 0 Å². The van der Waals surface area contributed by atoms with E-state index in [0.717, 1.165) is 39.1 Å². The van der Waals surface area contributed by atoms with Gasteiger partial charge in [0.25, 0.3) is 0 Å². The Labute approximate surface area is 94.0 Å². The van der Waals surface area contributed by atoms with Gasteiger partial charge in [0, 0.05) is 18.7 Å². The van der Waals surface area contributed by atoms with E-state index in [1.165, 1.54) is 6.42 Å². The summed E-state index contributed by atoms with van der Waals surface area (Å²) >= 11 is 0. The Hall–Kier alpha value is -0.120. The zero-order chi connectivity index (χ0) is 11.3. The van der Waals surface area contributed by atoms with Gasteiger partial charge in [0.15, 0.2) is 0 Å². The summed E-state index contributed by atoms with van der Waals surface area (Å²) < 4.78 is 5.63. The van der Waals surface area contributed by atoms with Gasteiger partial charge in [0.2, 0.25) is 0 Å². The minimum absolute atomic E-state index is 0.241. The van der Waals surface area contributed by atoms with E-state index in [9.17, 15) is 0 Å². The van der Waals surface area contributed by atoms with Crippen molar-refractivity contribution in [3.8, 4) is 0 Å².